The molecule has 30 heavy (non-hydrogen) atoms. The third-order valence-electron chi connectivity index (χ3n) is 6.71. The van der Waals surface area contributed by atoms with Gasteiger partial charge in [0.25, 0.3) is 5.91 Å². The lowest BCUT2D eigenvalue weighted by Gasteiger charge is -2.34. The van der Waals surface area contributed by atoms with Gasteiger partial charge in [-0.2, -0.15) is 5.10 Å². The zero-order valence-corrected chi connectivity index (χ0v) is 18.2. The normalized spacial score (nSPS) is 21.3. The van der Waals surface area contributed by atoms with E-state index in [1.807, 2.05) is 35.1 Å². The molecule has 6 nitrogen and oxygen atoms in total. The summed E-state index contributed by atoms with van der Waals surface area (Å²) in [6, 6.07) is 8.04. The summed E-state index contributed by atoms with van der Waals surface area (Å²) >= 11 is 6.09. The Morgan fingerprint density at radius 1 is 1.10 bits per heavy atom. The van der Waals surface area contributed by atoms with E-state index in [0.717, 1.165) is 57.1 Å². The lowest BCUT2D eigenvalue weighted by Crippen LogP contribution is -2.46. The molecule has 0 bridgehead atoms. The quantitative estimate of drug-likeness (QED) is 0.801. The van der Waals surface area contributed by atoms with Crippen molar-refractivity contribution in [3.8, 4) is 0 Å². The van der Waals surface area contributed by atoms with Gasteiger partial charge in [-0.1, -0.05) is 36.6 Å². The summed E-state index contributed by atoms with van der Waals surface area (Å²) in [4.78, 5) is 27.6. The molecule has 2 aliphatic rings. The van der Waals surface area contributed by atoms with E-state index in [4.69, 9.17) is 11.6 Å². The van der Waals surface area contributed by atoms with Gasteiger partial charge in [-0.05, 0) is 49.8 Å². The third kappa shape index (κ3) is 3.97. The highest BCUT2D eigenvalue weighted by atomic mass is 35.5. The van der Waals surface area contributed by atoms with Crippen LogP contribution in [0.25, 0.3) is 0 Å². The number of aromatic nitrogens is 2. The fourth-order valence-corrected chi connectivity index (χ4v) is 5.15. The fourth-order valence-electron chi connectivity index (χ4n) is 5.02. The van der Waals surface area contributed by atoms with Gasteiger partial charge in [0.15, 0.2) is 0 Å². The van der Waals surface area contributed by atoms with Crippen molar-refractivity contribution in [1.82, 2.24) is 20.0 Å². The molecule has 0 spiro atoms. The number of carbonyl (C=O) groups excluding carboxylic acids is 2. The summed E-state index contributed by atoms with van der Waals surface area (Å²) in [6.45, 7) is 1.49. The smallest absolute Gasteiger partial charge is 0.254 e. The number of amides is 2. The molecule has 1 aromatic carbocycles. The van der Waals surface area contributed by atoms with Crippen LogP contribution in [-0.2, 0) is 10.2 Å². The molecule has 4 rings (SSSR count). The van der Waals surface area contributed by atoms with E-state index in [9.17, 15) is 9.59 Å². The molecule has 0 radical (unpaired) electrons. The molecule has 0 unspecified atom stereocenters. The second-order valence-corrected chi connectivity index (χ2v) is 8.90. The standard InChI is InChI=1S/C23H29ClN4O2/c1-25-21(29)17-15-26-28(16-17)20-5-4-13-27(14-10-20)22(30)23(11-2-3-12-23)18-6-8-19(24)9-7-18/h6-9,15-16,20H,2-5,10-14H2,1H3,(H,25,29)/t20-/m1/s1. The Morgan fingerprint density at radius 3 is 2.53 bits per heavy atom. The Hall–Kier alpha value is -2.34. The molecule has 2 fully saturated rings. The van der Waals surface area contributed by atoms with E-state index in [1.165, 1.54) is 0 Å². The molecular formula is C23H29ClN4O2. The molecule has 1 N–H and O–H groups in total. The number of nitrogens with one attached hydrogen (secondary N) is 1. The maximum atomic E-state index is 13.8. The predicted molar refractivity (Wildman–Crippen MR) is 117 cm³/mol. The summed E-state index contributed by atoms with van der Waals surface area (Å²) in [5.41, 5.74) is 1.25. The minimum absolute atomic E-state index is 0.127. The molecule has 1 aromatic heterocycles. The lowest BCUT2D eigenvalue weighted by atomic mass is 9.77. The molecule has 160 valence electrons. The van der Waals surface area contributed by atoms with Crippen LogP contribution in [0.2, 0.25) is 5.02 Å². The van der Waals surface area contributed by atoms with Crippen LogP contribution in [0.5, 0.6) is 0 Å². The van der Waals surface area contributed by atoms with Gasteiger partial charge in [0.05, 0.1) is 23.2 Å². The molecule has 1 saturated carbocycles. The maximum absolute atomic E-state index is 13.8. The number of hydrogen-bond donors (Lipinski definition) is 1. The topological polar surface area (TPSA) is 67.2 Å². The number of rotatable bonds is 4. The van der Waals surface area contributed by atoms with Crippen LogP contribution < -0.4 is 5.32 Å². The molecule has 1 atom stereocenters. The summed E-state index contributed by atoms with van der Waals surface area (Å²) in [5.74, 6) is 0.132. The molecule has 2 amide bonds. The number of halogens is 1. The van der Waals surface area contributed by atoms with Crippen molar-refractivity contribution in [3.05, 3.63) is 52.8 Å². The minimum atomic E-state index is -0.414. The van der Waals surface area contributed by atoms with Crippen LogP contribution in [0.1, 0.15) is 66.9 Å². The van der Waals surface area contributed by atoms with E-state index in [2.05, 4.69) is 15.3 Å². The van der Waals surface area contributed by atoms with Crippen molar-refractivity contribution in [2.24, 2.45) is 0 Å². The van der Waals surface area contributed by atoms with Crippen molar-refractivity contribution in [2.45, 2.75) is 56.4 Å². The van der Waals surface area contributed by atoms with Gasteiger partial charge >= 0.3 is 0 Å². The van der Waals surface area contributed by atoms with E-state index in [-0.39, 0.29) is 17.9 Å². The molecule has 1 aliphatic carbocycles. The first-order valence-electron chi connectivity index (χ1n) is 10.9. The Kier molecular flexibility index (Phi) is 6.14. The summed E-state index contributed by atoms with van der Waals surface area (Å²) < 4.78 is 1.89. The highest BCUT2D eigenvalue weighted by Crippen LogP contribution is 2.43. The maximum Gasteiger partial charge on any atom is 0.254 e. The molecule has 1 saturated heterocycles. The number of hydrogen-bond acceptors (Lipinski definition) is 3. The Labute approximate surface area is 182 Å². The molecule has 2 heterocycles. The largest absolute Gasteiger partial charge is 0.355 e. The highest BCUT2D eigenvalue weighted by molar-refractivity contribution is 6.30. The van der Waals surface area contributed by atoms with Crippen LogP contribution in [0.15, 0.2) is 36.7 Å². The van der Waals surface area contributed by atoms with Crippen LogP contribution in [0.3, 0.4) is 0 Å². The van der Waals surface area contributed by atoms with Crippen LogP contribution in [0.4, 0.5) is 0 Å². The second-order valence-electron chi connectivity index (χ2n) is 8.46. The minimum Gasteiger partial charge on any atom is -0.355 e. The predicted octanol–water partition coefficient (Wildman–Crippen LogP) is 3.96. The molecule has 2 aromatic rings. The van der Waals surface area contributed by atoms with Gasteiger partial charge in [0.2, 0.25) is 5.91 Å². The van der Waals surface area contributed by atoms with Gasteiger partial charge in [0.1, 0.15) is 0 Å². The average molecular weight is 429 g/mol. The van der Waals surface area contributed by atoms with E-state index in [0.29, 0.717) is 17.1 Å². The molecule has 7 heteroatoms. The van der Waals surface area contributed by atoms with Crippen molar-refractivity contribution >= 4 is 23.4 Å². The van der Waals surface area contributed by atoms with E-state index >= 15 is 0 Å². The lowest BCUT2D eigenvalue weighted by molar-refractivity contribution is -0.137. The van der Waals surface area contributed by atoms with Crippen molar-refractivity contribution < 1.29 is 9.59 Å². The zero-order valence-electron chi connectivity index (χ0n) is 17.4. The molecular weight excluding hydrogens is 400 g/mol. The average Bonchev–Trinajstić information content (AvgIpc) is 3.39. The van der Waals surface area contributed by atoms with Crippen LogP contribution in [-0.4, -0.2) is 46.6 Å². The van der Waals surface area contributed by atoms with Gasteiger partial charge in [-0.25, -0.2) is 0 Å². The van der Waals surface area contributed by atoms with Gasteiger partial charge in [-0.15, -0.1) is 0 Å². The monoisotopic (exact) mass is 428 g/mol. The Balaban J connectivity index is 1.49. The third-order valence-corrected chi connectivity index (χ3v) is 6.96. The summed E-state index contributed by atoms with van der Waals surface area (Å²) in [5, 5.41) is 7.74. The van der Waals surface area contributed by atoms with Crippen LogP contribution in [0, 0.1) is 0 Å². The summed E-state index contributed by atoms with van der Waals surface area (Å²) in [7, 11) is 1.62. The van der Waals surface area contributed by atoms with Gasteiger partial charge in [-0.3, -0.25) is 14.3 Å². The van der Waals surface area contributed by atoms with Crippen molar-refractivity contribution in [1.29, 1.82) is 0 Å². The summed E-state index contributed by atoms with van der Waals surface area (Å²) in [6.07, 6.45) is 10.1. The first-order valence-corrected chi connectivity index (χ1v) is 11.2. The number of likely N-dealkylation sites (tertiary alicyclic amines) is 1. The zero-order chi connectivity index (χ0) is 21.1. The van der Waals surface area contributed by atoms with E-state index < -0.39 is 5.41 Å². The Morgan fingerprint density at radius 2 is 1.83 bits per heavy atom. The number of nitrogens with zero attached hydrogens (tertiary/aromatic N) is 3. The highest BCUT2D eigenvalue weighted by Gasteiger charge is 2.45. The SMILES string of the molecule is CNC(=O)c1cnn([C@@H]2CCCN(C(=O)C3(c4ccc(Cl)cc4)CCCC3)CC2)c1. The first-order chi connectivity index (χ1) is 14.5. The second kappa shape index (κ2) is 8.80. The van der Waals surface area contributed by atoms with Gasteiger partial charge < -0.3 is 10.2 Å². The number of carbonyl (C=O) groups is 2. The Bertz CT molecular complexity index is 902. The van der Waals surface area contributed by atoms with Crippen LogP contribution >= 0.6 is 11.6 Å². The molecule has 1 aliphatic heterocycles. The fraction of sp³-hybridized carbons (Fsp3) is 0.522. The van der Waals surface area contributed by atoms with Gasteiger partial charge in [0, 0.05) is 31.4 Å². The first kappa shape index (κ1) is 20.9. The number of benzene rings is 1. The van der Waals surface area contributed by atoms with E-state index in [1.54, 1.807) is 13.2 Å². The van der Waals surface area contributed by atoms with Crippen molar-refractivity contribution in [3.63, 3.8) is 0 Å². The van der Waals surface area contributed by atoms with Crippen molar-refractivity contribution in [2.75, 3.05) is 20.1 Å².